The summed E-state index contributed by atoms with van der Waals surface area (Å²) in [5.74, 6) is -1.66. The first-order valence-electron chi connectivity index (χ1n) is 12.5. The summed E-state index contributed by atoms with van der Waals surface area (Å²) in [4.78, 5) is 13.1. The predicted molar refractivity (Wildman–Crippen MR) is 152 cm³/mol. The number of carbonyl (C=O) groups excluding carboxylic acids is 1. The van der Waals surface area contributed by atoms with Crippen molar-refractivity contribution in [1.82, 2.24) is 0 Å². The minimum atomic E-state index is -2.33. The first kappa shape index (κ1) is 31.4. The topological polar surface area (TPSA) is 83.5 Å². The molecule has 0 saturated carbocycles. The van der Waals surface area contributed by atoms with Crippen molar-refractivity contribution in [1.29, 1.82) is 0 Å². The third kappa shape index (κ3) is 6.10. The summed E-state index contributed by atoms with van der Waals surface area (Å²) in [6.07, 6.45) is 0.175. The Morgan fingerprint density at radius 2 is 1.66 bits per heavy atom. The highest BCUT2D eigenvalue weighted by Gasteiger charge is 2.64. The summed E-state index contributed by atoms with van der Waals surface area (Å²) >= 11 is 2.04. The van der Waals surface area contributed by atoms with Gasteiger partial charge in [0.1, 0.15) is 6.10 Å². The minimum Gasteiger partial charge on any atom is -0.467 e. The first-order chi connectivity index (χ1) is 15.7. The van der Waals surface area contributed by atoms with Crippen LogP contribution in [0.5, 0.6) is 0 Å². The van der Waals surface area contributed by atoms with Crippen molar-refractivity contribution in [3.8, 4) is 0 Å². The van der Waals surface area contributed by atoms with E-state index < -0.39 is 52.6 Å². The van der Waals surface area contributed by atoms with Crippen molar-refractivity contribution < 1.29 is 33.0 Å². The smallest absolute Gasteiger partial charge is 0.343 e. The monoisotopic (exact) mass is 642 g/mol. The van der Waals surface area contributed by atoms with Crippen molar-refractivity contribution in [2.24, 2.45) is 11.8 Å². The highest BCUT2D eigenvalue weighted by molar-refractivity contribution is 14.1. The summed E-state index contributed by atoms with van der Waals surface area (Å²) in [7, 11) is -3.12. The lowest BCUT2D eigenvalue weighted by Gasteiger charge is -2.51. The number of carbonyl (C=O) groups is 1. The van der Waals surface area contributed by atoms with Gasteiger partial charge in [-0.3, -0.25) is 0 Å². The molecule has 1 aliphatic carbocycles. The van der Waals surface area contributed by atoms with Crippen LogP contribution in [0, 0.1) is 11.8 Å². The van der Waals surface area contributed by atoms with E-state index in [-0.39, 0.29) is 16.0 Å². The molecule has 1 saturated heterocycles. The number of esters is 1. The van der Waals surface area contributed by atoms with E-state index in [9.17, 15) is 9.90 Å². The maximum Gasteiger partial charge on any atom is 0.343 e. The van der Waals surface area contributed by atoms with Gasteiger partial charge in [-0.1, -0.05) is 47.6 Å². The number of hydrogen-bond acceptors (Lipinski definition) is 7. The maximum atomic E-state index is 13.1. The summed E-state index contributed by atoms with van der Waals surface area (Å²) in [6.45, 7) is 24.5. The normalized spacial score (nSPS) is 32.3. The van der Waals surface area contributed by atoms with Crippen LogP contribution in [0.2, 0.25) is 36.3 Å². The van der Waals surface area contributed by atoms with E-state index in [1.54, 1.807) is 0 Å². The Hall–Kier alpha value is 0.174. The van der Waals surface area contributed by atoms with Gasteiger partial charge in [-0.15, -0.1) is 0 Å². The molecule has 0 aromatic heterocycles. The molecule has 0 amide bonds. The molecule has 35 heavy (non-hydrogen) atoms. The fourth-order valence-electron chi connectivity index (χ4n) is 4.12. The Morgan fingerprint density at radius 1 is 1.11 bits per heavy atom. The average molecular weight is 643 g/mol. The number of fused-ring (bicyclic) bond motifs is 1. The Bertz CT molecular complexity index is 803. The van der Waals surface area contributed by atoms with Gasteiger partial charge in [0.2, 0.25) is 0 Å². The Balaban J connectivity index is 2.59. The molecule has 1 heterocycles. The highest BCUT2D eigenvalue weighted by Crippen LogP contribution is 2.53. The summed E-state index contributed by atoms with van der Waals surface area (Å²) in [5, 5.41) is 11.8. The number of ether oxygens (including phenoxy) is 3. The molecular weight excluding hydrogens is 595 g/mol. The second-order valence-electron chi connectivity index (χ2n) is 12.8. The van der Waals surface area contributed by atoms with Crippen molar-refractivity contribution in [2.75, 3.05) is 20.3 Å². The molecule has 1 aliphatic heterocycles. The lowest BCUT2D eigenvalue weighted by atomic mass is 9.76. The second kappa shape index (κ2) is 10.7. The Morgan fingerprint density at radius 3 is 2.11 bits per heavy atom. The molecule has 10 heteroatoms. The number of rotatable bonds is 8. The quantitative estimate of drug-likeness (QED) is 0.209. The molecule has 0 spiro atoms. The van der Waals surface area contributed by atoms with Crippen LogP contribution in [0.25, 0.3) is 0 Å². The zero-order valence-corrected chi connectivity index (χ0v) is 27.8. The van der Waals surface area contributed by atoms with Crippen molar-refractivity contribution in [3.63, 3.8) is 0 Å². The van der Waals surface area contributed by atoms with Gasteiger partial charge in [0.15, 0.2) is 28.5 Å². The van der Waals surface area contributed by atoms with Gasteiger partial charge < -0.3 is 28.2 Å². The molecule has 0 unspecified atom stereocenters. The molecule has 6 atom stereocenters. The van der Waals surface area contributed by atoms with Gasteiger partial charge in [0.25, 0.3) is 0 Å². The standard InChI is InChI=1S/C25H47IO7Si2/c1-13-30-21-16-14-18(26)25(28,22(27)29-8)19(16)20(33-35(11,12)24(5,6)7)17(32-21)15-31-34(9,10)23(2,3)4/h14,16-17,19-21,28H,13,15H2,1-12H3/t16-,17+,19+,20-,21-,25-/m0/s1. The van der Waals surface area contributed by atoms with Crippen LogP contribution < -0.4 is 0 Å². The van der Waals surface area contributed by atoms with E-state index in [4.69, 9.17) is 23.1 Å². The zero-order chi connectivity index (χ0) is 27.2. The van der Waals surface area contributed by atoms with Crippen LogP contribution in [0.1, 0.15) is 48.5 Å². The van der Waals surface area contributed by atoms with E-state index in [1.165, 1.54) is 7.11 Å². The van der Waals surface area contributed by atoms with Crippen molar-refractivity contribution in [3.05, 3.63) is 9.66 Å². The Kier molecular flexibility index (Phi) is 9.63. The van der Waals surface area contributed by atoms with Crippen LogP contribution in [-0.4, -0.2) is 72.1 Å². The molecule has 1 fully saturated rings. The number of hydrogen-bond donors (Lipinski definition) is 1. The third-order valence-corrected chi connectivity index (χ3v) is 18.6. The second-order valence-corrected chi connectivity index (χ2v) is 23.5. The molecule has 204 valence electrons. The molecule has 0 radical (unpaired) electrons. The van der Waals surface area contributed by atoms with Gasteiger partial charge >= 0.3 is 5.97 Å². The average Bonchev–Trinajstić information content (AvgIpc) is 2.98. The van der Waals surface area contributed by atoms with Gasteiger partial charge in [-0.25, -0.2) is 4.79 Å². The molecular formula is C25H47IO7Si2. The van der Waals surface area contributed by atoms with Crippen molar-refractivity contribution >= 4 is 45.2 Å². The summed E-state index contributed by atoms with van der Waals surface area (Å²) in [5.41, 5.74) is -1.83. The van der Waals surface area contributed by atoms with Gasteiger partial charge in [-0.2, -0.15) is 0 Å². The maximum absolute atomic E-state index is 13.1. The summed E-state index contributed by atoms with van der Waals surface area (Å²) < 4.78 is 31.7. The Labute approximate surface area is 228 Å². The molecule has 0 aromatic carbocycles. The van der Waals surface area contributed by atoms with Crippen molar-refractivity contribution in [2.45, 2.75) is 109 Å². The lowest BCUT2D eigenvalue weighted by molar-refractivity contribution is -0.272. The molecule has 0 bridgehead atoms. The molecule has 1 N–H and O–H groups in total. The zero-order valence-electron chi connectivity index (χ0n) is 23.7. The molecule has 0 aromatic rings. The summed E-state index contributed by atoms with van der Waals surface area (Å²) in [6, 6.07) is 0. The van der Waals surface area contributed by atoms with E-state index >= 15 is 0 Å². The van der Waals surface area contributed by atoms with Crippen LogP contribution in [0.3, 0.4) is 0 Å². The SMILES string of the molecule is CCO[C@H]1O[C@H](CO[Si](C)(C)C(C)(C)C)[C@H](O[Si](C)(C)C(C)(C)C)[C@H]2[C@@H]1C=C(I)[C@@]2(O)C(=O)OC. The fourth-order valence-corrected chi connectivity index (χ4v) is 7.47. The number of halogens is 1. The van der Waals surface area contributed by atoms with Crippen LogP contribution in [0.15, 0.2) is 9.66 Å². The van der Waals surface area contributed by atoms with Crippen LogP contribution in [-0.2, 0) is 27.9 Å². The van der Waals surface area contributed by atoms with E-state index in [1.807, 2.05) is 35.6 Å². The molecule has 7 nitrogen and oxygen atoms in total. The molecule has 2 aliphatic rings. The van der Waals surface area contributed by atoms with E-state index in [0.717, 1.165) is 0 Å². The largest absolute Gasteiger partial charge is 0.467 e. The third-order valence-electron chi connectivity index (χ3n) is 8.42. The van der Waals surface area contributed by atoms with Gasteiger partial charge in [0.05, 0.1) is 19.8 Å². The highest BCUT2D eigenvalue weighted by atomic mass is 127. The lowest BCUT2D eigenvalue weighted by Crippen LogP contribution is -2.64. The number of methoxy groups -OCH3 is 1. The van der Waals surface area contributed by atoms with E-state index in [0.29, 0.717) is 16.8 Å². The van der Waals surface area contributed by atoms with Gasteiger partial charge in [-0.05, 0) is 65.8 Å². The predicted octanol–water partition coefficient (Wildman–Crippen LogP) is 5.63. The fraction of sp³-hybridized carbons (Fsp3) is 0.880. The first-order valence-corrected chi connectivity index (χ1v) is 19.4. The van der Waals surface area contributed by atoms with Gasteiger partial charge in [0, 0.05) is 22.0 Å². The van der Waals surface area contributed by atoms with Crippen LogP contribution >= 0.6 is 22.6 Å². The minimum absolute atomic E-state index is 0.0242. The number of aliphatic hydroxyl groups is 1. The molecule has 2 rings (SSSR count). The van der Waals surface area contributed by atoms with E-state index in [2.05, 4.69) is 67.7 Å². The van der Waals surface area contributed by atoms with Crippen LogP contribution in [0.4, 0.5) is 0 Å².